The second-order valence-electron chi connectivity index (χ2n) is 8.24. The molecule has 7 heteroatoms. The van der Waals surface area contributed by atoms with E-state index in [0.29, 0.717) is 33.6 Å². The lowest BCUT2D eigenvalue weighted by Crippen LogP contribution is -2.12. The van der Waals surface area contributed by atoms with E-state index >= 15 is 0 Å². The van der Waals surface area contributed by atoms with E-state index in [1.165, 1.54) is 0 Å². The Kier molecular flexibility index (Phi) is 12.8. The molecule has 0 radical (unpaired) electrons. The number of carbonyl (C=O) groups excluding carboxylic acids is 2. The first-order chi connectivity index (χ1) is 19.5. The molecular formula is C33H33N5O2. The zero-order chi connectivity index (χ0) is 29.3. The molecule has 0 atom stereocenters. The molecule has 0 saturated heterocycles. The van der Waals surface area contributed by atoms with Crippen LogP contribution in [-0.4, -0.2) is 18.4 Å². The Morgan fingerprint density at radius 2 is 1.02 bits per heavy atom. The fourth-order valence-electron chi connectivity index (χ4n) is 3.37. The van der Waals surface area contributed by atoms with Crippen molar-refractivity contribution in [2.24, 2.45) is 5.73 Å². The van der Waals surface area contributed by atoms with Gasteiger partial charge in [-0.3, -0.25) is 9.59 Å². The van der Waals surface area contributed by atoms with Crippen molar-refractivity contribution >= 4 is 23.2 Å². The molecule has 0 aliphatic heterocycles. The van der Waals surface area contributed by atoms with Crippen molar-refractivity contribution in [3.05, 3.63) is 119 Å². The minimum absolute atomic E-state index is 0.269. The molecule has 0 aromatic heterocycles. The molecule has 0 spiro atoms. The number of nitrogens with two attached hydrogens (primary N) is 1. The molecule has 0 unspecified atom stereocenters. The van der Waals surface area contributed by atoms with E-state index in [9.17, 15) is 9.59 Å². The number of hydrogen-bond donors (Lipinski definition) is 3. The number of amides is 2. The molecule has 4 aromatic carbocycles. The van der Waals surface area contributed by atoms with E-state index in [0.717, 1.165) is 24.1 Å². The van der Waals surface area contributed by atoms with E-state index < -0.39 is 0 Å². The number of benzene rings is 4. The summed E-state index contributed by atoms with van der Waals surface area (Å²) in [4.78, 5) is 25.0. The molecule has 0 aliphatic carbocycles. The Balaban J connectivity index is 0.000000858. The van der Waals surface area contributed by atoms with Crippen LogP contribution in [0.5, 0.6) is 0 Å². The molecule has 2 amide bonds. The van der Waals surface area contributed by atoms with Crippen LogP contribution in [0.1, 0.15) is 59.0 Å². The molecule has 4 N–H and O–H groups in total. The zero-order valence-corrected chi connectivity index (χ0v) is 22.9. The van der Waals surface area contributed by atoms with Crippen LogP contribution in [0.25, 0.3) is 11.1 Å². The highest BCUT2D eigenvalue weighted by atomic mass is 16.2. The van der Waals surface area contributed by atoms with Gasteiger partial charge in [-0.25, -0.2) is 0 Å². The lowest BCUT2D eigenvalue weighted by Gasteiger charge is -2.08. The fourth-order valence-corrected chi connectivity index (χ4v) is 3.37. The molecule has 40 heavy (non-hydrogen) atoms. The molecule has 0 aliphatic rings. The van der Waals surface area contributed by atoms with Crippen LogP contribution in [0, 0.1) is 22.7 Å². The summed E-state index contributed by atoms with van der Waals surface area (Å²) >= 11 is 0. The Labute approximate surface area is 235 Å². The van der Waals surface area contributed by atoms with E-state index in [-0.39, 0.29) is 11.8 Å². The van der Waals surface area contributed by atoms with Crippen molar-refractivity contribution in [3.8, 4) is 23.3 Å². The average molecular weight is 532 g/mol. The highest BCUT2D eigenvalue weighted by Gasteiger charge is 2.09. The molecule has 4 aromatic rings. The number of nitrogens with zero attached hydrogens (tertiary/aromatic N) is 2. The van der Waals surface area contributed by atoms with Crippen LogP contribution < -0.4 is 16.4 Å². The normalized spacial score (nSPS) is 9.35. The quantitative estimate of drug-likeness (QED) is 0.247. The number of nitriles is 2. The largest absolute Gasteiger partial charge is 0.330 e. The topological polar surface area (TPSA) is 132 Å². The standard InChI is InChI=1S/C28H18N4O2.C3H9N.C2H6/c29-17-19-3-1-5-25(15-19)31-27(33)23-11-7-21(8-12-23)22-9-13-24(14-10-22)28(34)32-26-6-2-4-20(16-26)18-30;1-2-3-4;1-2/h1-16H,(H,31,33)(H,32,34);2-4H2,1H3;1-2H3. The van der Waals surface area contributed by atoms with Crippen molar-refractivity contribution < 1.29 is 9.59 Å². The number of carbonyl (C=O) groups is 2. The highest BCUT2D eigenvalue weighted by molar-refractivity contribution is 6.05. The van der Waals surface area contributed by atoms with Crippen LogP contribution in [0.4, 0.5) is 11.4 Å². The van der Waals surface area contributed by atoms with Gasteiger partial charge in [0.25, 0.3) is 11.8 Å². The molecule has 0 bridgehead atoms. The summed E-state index contributed by atoms with van der Waals surface area (Å²) in [6, 6.07) is 31.8. The second-order valence-corrected chi connectivity index (χ2v) is 8.24. The van der Waals surface area contributed by atoms with Gasteiger partial charge in [0.05, 0.1) is 23.3 Å². The van der Waals surface area contributed by atoms with Crippen LogP contribution in [0.3, 0.4) is 0 Å². The zero-order valence-electron chi connectivity index (χ0n) is 22.9. The lowest BCUT2D eigenvalue weighted by molar-refractivity contribution is 0.101. The molecule has 0 heterocycles. The van der Waals surface area contributed by atoms with E-state index in [1.54, 1.807) is 72.8 Å². The maximum Gasteiger partial charge on any atom is 0.255 e. The van der Waals surface area contributed by atoms with E-state index in [4.69, 9.17) is 16.3 Å². The van der Waals surface area contributed by atoms with Gasteiger partial charge >= 0.3 is 0 Å². The van der Waals surface area contributed by atoms with E-state index in [2.05, 4.69) is 17.6 Å². The maximum absolute atomic E-state index is 12.5. The molecule has 0 fully saturated rings. The van der Waals surface area contributed by atoms with Gasteiger partial charge in [-0.1, -0.05) is 57.2 Å². The summed E-state index contributed by atoms with van der Waals surface area (Å²) in [7, 11) is 0. The first kappa shape index (κ1) is 31.0. The van der Waals surface area contributed by atoms with E-state index in [1.807, 2.05) is 50.3 Å². The second kappa shape index (κ2) is 16.6. The predicted octanol–water partition coefficient (Wildman–Crippen LogP) is 6.98. The third-order valence-electron chi connectivity index (χ3n) is 5.42. The van der Waals surface area contributed by atoms with Gasteiger partial charge in [-0.15, -0.1) is 0 Å². The van der Waals surface area contributed by atoms with Gasteiger partial charge in [0.15, 0.2) is 0 Å². The Bertz CT molecular complexity index is 1370. The Morgan fingerprint density at radius 1 is 0.675 bits per heavy atom. The maximum atomic E-state index is 12.5. The monoisotopic (exact) mass is 531 g/mol. The number of hydrogen-bond acceptors (Lipinski definition) is 5. The van der Waals surface area contributed by atoms with Gasteiger partial charge < -0.3 is 16.4 Å². The lowest BCUT2D eigenvalue weighted by atomic mass is 10.0. The van der Waals surface area contributed by atoms with Gasteiger partial charge in [-0.05, 0) is 84.8 Å². The van der Waals surface area contributed by atoms with Crippen molar-refractivity contribution in [3.63, 3.8) is 0 Å². The third kappa shape index (κ3) is 9.25. The average Bonchev–Trinajstić information content (AvgIpc) is 3.02. The van der Waals surface area contributed by atoms with Crippen molar-refractivity contribution in [2.75, 3.05) is 17.2 Å². The van der Waals surface area contributed by atoms with Crippen LogP contribution in [0.15, 0.2) is 97.1 Å². The number of anilines is 2. The summed E-state index contributed by atoms with van der Waals surface area (Å²) in [6.07, 6.45) is 1.10. The highest BCUT2D eigenvalue weighted by Crippen LogP contribution is 2.22. The minimum atomic E-state index is -0.269. The SMILES string of the molecule is CC.CCCN.N#Cc1cccc(NC(=O)c2ccc(-c3ccc(C(=O)Nc4cccc(C#N)c4)cc3)cc2)c1. The summed E-state index contributed by atoms with van der Waals surface area (Å²) in [6.45, 7) is 6.88. The van der Waals surface area contributed by atoms with Crippen molar-refractivity contribution in [1.82, 2.24) is 0 Å². The summed E-state index contributed by atoms with van der Waals surface area (Å²) in [5.41, 5.74) is 9.86. The van der Waals surface area contributed by atoms with Gasteiger partial charge in [-0.2, -0.15) is 10.5 Å². The van der Waals surface area contributed by atoms with Crippen LogP contribution >= 0.6 is 0 Å². The van der Waals surface area contributed by atoms with Crippen LogP contribution in [0.2, 0.25) is 0 Å². The third-order valence-corrected chi connectivity index (χ3v) is 5.42. The van der Waals surface area contributed by atoms with Gasteiger partial charge in [0.1, 0.15) is 0 Å². The Morgan fingerprint density at radius 3 is 1.32 bits per heavy atom. The van der Waals surface area contributed by atoms with Crippen LogP contribution in [-0.2, 0) is 0 Å². The summed E-state index contributed by atoms with van der Waals surface area (Å²) in [5.74, 6) is -0.539. The number of rotatable bonds is 6. The summed E-state index contributed by atoms with van der Waals surface area (Å²) < 4.78 is 0. The number of nitrogens with one attached hydrogen (secondary N) is 2. The van der Waals surface area contributed by atoms with Crippen molar-refractivity contribution in [1.29, 1.82) is 10.5 Å². The molecule has 4 rings (SSSR count). The molecule has 7 nitrogen and oxygen atoms in total. The molecular weight excluding hydrogens is 498 g/mol. The van der Waals surface area contributed by atoms with Crippen molar-refractivity contribution in [2.45, 2.75) is 27.2 Å². The Hall–Kier alpha value is -5.24. The first-order valence-electron chi connectivity index (χ1n) is 13.0. The smallest absolute Gasteiger partial charge is 0.255 e. The first-order valence-corrected chi connectivity index (χ1v) is 13.0. The fraction of sp³-hybridized carbons (Fsp3) is 0.152. The minimum Gasteiger partial charge on any atom is -0.330 e. The van der Waals surface area contributed by atoms with Gasteiger partial charge in [0.2, 0.25) is 0 Å². The predicted molar refractivity (Wildman–Crippen MR) is 161 cm³/mol. The molecule has 202 valence electrons. The summed E-state index contributed by atoms with van der Waals surface area (Å²) in [5, 5.41) is 23.6. The molecule has 0 saturated carbocycles. The van der Waals surface area contributed by atoms with Gasteiger partial charge in [0, 0.05) is 22.5 Å².